The Kier molecular flexibility index (Phi) is 3.84. The van der Waals surface area contributed by atoms with Crippen LogP contribution in [0.4, 0.5) is 19.0 Å². The fraction of sp³-hybridized carbons (Fsp3) is 0.450. The molecular weight excluding hydrogens is 355 g/mol. The van der Waals surface area contributed by atoms with Gasteiger partial charge in [0.15, 0.2) is 5.82 Å². The third-order valence-corrected chi connectivity index (χ3v) is 5.48. The van der Waals surface area contributed by atoms with Crippen LogP contribution in [0.15, 0.2) is 29.3 Å². The lowest BCUT2D eigenvalue weighted by Crippen LogP contribution is -2.42. The van der Waals surface area contributed by atoms with E-state index in [1.807, 2.05) is 20.8 Å². The summed E-state index contributed by atoms with van der Waals surface area (Å²) in [5.74, 6) is -0.189. The third kappa shape index (κ3) is 2.99. The predicted octanol–water partition coefficient (Wildman–Crippen LogP) is 4.96. The molecule has 2 aromatic rings. The average molecular weight is 375 g/mol. The smallest absolute Gasteiger partial charge is 0.299 e. The number of fused-ring (bicyclic) bond motifs is 2. The highest BCUT2D eigenvalue weighted by molar-refractivity contribution is 6.11. The molecular formula is C20H20F3N3O. The zero-order chi connectivity index (χ0) is 19.6. The molecule has 4 nitrogen and oxygen atoms in total. The Balaban J connectivity index is 1.84. The molecule has 0 spiro atoms. The van der Waals surface area contributed by atoms with Crippen LogP contribution < -0.4 is 0 Å². The maximum atomic E-state index is 13.0. The lowest BCUT2D eigenvalue weighted by molar-refractivity contribution is -0.137. The molecule has 2 heterocycles. The maximum Gasteiger partial charge on any atom is 0.416 e. The number of carbonyl (C=O) groups is 1. The number of aryl methyl sites for hydroxylation is 1. The van der Waals surface area contributed by atoms with Crippen LogP contribution in [0.25, 0.3) is 0 Å². The van der Waals surface area contributed by atoms with Crippen molar-refractivity contribution in [3.8, 4) is 0 Å². The van der Waals surface area contributed by atoms with Crippen LogP contribution in [0.1, 0.15) is 55.0 Å². The summed E-state index contributed by atoms with van der Waals surface area (Å²) >= 11 is 0. The van der Waals surface area contributed by atoms with E-state index in [2.05, 4.69) is 15.2 Å². The predicted molar refractivity (Wildman–Crippen MR) is 95.2 cm³/mol. The zero-order valence-corrected chi connectivity index (χ0v) is 15.3. The van der Waals surface area contributed by atoms with Gasteiger partial charge in [-0.25, -0.2) is 4.99 Å². The van der Waals surface area contributed by atoms with E-state index in [9.17, 15) is 18.0 Å². The molecule has 0 amide bonds. The zero-order valence-electron chi connectivity index (χ0n) is 15.3. The first-order valence-electron chi connectivity index (χ1n) is 8.89. The van der Waals surface area contributed by atoms with Gasteiger partial charge < -0.3 is 0 Å². The van der Waals surface area contributed by atoms with E-state index in [1.165, 1.54) is 12.1 Å². The molecule has 1 saturated carbocycles. The molecule has 0 saturated heterocycles. The summed E-state index contributed by atoms with van der Waals surface area (Å²) in [7, 11) is 0. The Bertz CT molecular complexity index is 938. The van der Waals surface area contributed by atoms with Gasteiger partial charge in [-0.2, -0.15) is 18.3 Å². The molecule has 1 N–H and O–H groups in total. The van der Waals surface area contributed by atoms with Gasteiger partial charge in [0, 0.05) is 29.3 Å². The number of H-pyrrole nitrogens is 1. The Morgan fingerprint density at radius 1 is 1.11 bits per heavy atom. The number of alkyl halides is 3. The van der Waals surface area contributed by atoms with E-state index in [4.69, 9.17) is 0 Å². The number of aromatic nitrogens is 2. The number of benzene rings is 1. The standard InChI is InChI=1S/C20H20F3N3O/c1-10-15-16(11-4-6-12(7-5-11)20(21,22)23)17-13(24-18(15)26-25-10)8-19(2,3)9-14(17)27/h4-7,16-17H,8-9H2,1-3H3,(H,25,26). The molecule has 1 aliphatic carbocycles. The minimum atomic E-state index is -4.39. The first-order chi connectivity index (χ1) is 12.6. The summed E-state index contributed by atoms with van der Waals surface area (Å²) in [5.41, 5.74) is 2.17. The first kappa shape index (κ1) is 17.9. The Morgan fingerprint density at radius 2 is 1.78 bits per heavy atom. The molecule has 0 bridgehead atoms. The van der Waals surface area contributed by atoms with E-state index in [0.29, 0.717) is 24.2 Å². The molecule has 1 aromatic heterocycles. The second-order valence-corrected chi connectivity index (χ2v) is 8.25. The Hall–Kier alpha value is -2.44. The number of nitrogens with zero attached hydrogens (tertiary/aromatic N) is 2. The number of hydrogen-bond donors (Lipinski definition) is 1. The van der Waals surface area contributed by atoms with Crippen molar-refractivity contribution in [2.24, 2.45) is 16.3 Å². The largest absolute Gasteiger partial charge is 0.416 e. The summed E-state index contributed by atoms with van der Waals surface area (Å²) in [6, 6.07) is 5.10. The van der Waals surface area contributed by atoms with Crippen molar-refractivity contribution in [2.45, 2.75) is 45.7 Å². The van der Waals surface area contributed by atoms with Crippen LogP contribution in [0, 0.1) is 18.3 Å². The van der Waals surface area contributed by atoms with E-state index >= 15 is 0 Å². The number of aliphatic imine (C=N–C) groups is 1. The topological polar surface area (TPSA) is 58.1 Å². The maximum absolute atomic E-state index is 13.0. The van der Waals surface area contributed by atoms with Crippen molar-refractivity contribution in [3.05, 3.63) is 46.6 Å². The molecule has 7 heteroatoms. The van der Waals surface area contributed by atoms with Gasteiger partial charge in [-0.15, -0.1) is 0 Å². The fourth-order valence-corrected chi connectivity index (χ4v) is 4.34. The van der Waals surface area contributed by atoms with Crippen LogP contribution in [0.2, 0.25) is 0 Å². The van der Waals surface area contributed by atoms with Crippen molar-refractivity contribution in [1.82, 2.24) is 10.2 Å². The molecule has 2 aliphatic rings. The van der Waals surface area contributed by atoms with Crippen molar-refractivity contribution < 1.29 is 18.0 Å². The van der Waals surface area contributed by atoms with Crippen LogP contribution in [0.5, 0.6) is 0 Å². The molecule has 27 heavy (non-hydrogen) atoms. The summed E-state index contributed by atoms with van der Waals surface area (Å²) < 4.78 is 38.8. The minimum absolute atomic E-state index is 0.0844. The molecule has 2 atom stereocenters. The van der Waals surface area contributed by atoms with Crippen molar-refractivity contribution in [2.75, 3.05) is 0 Å². The number of hydrogen-bond acceptors (Lipinski definition) is 3. The molecule has 4 rings (SSSR count). The number of carbonyl (C=O) groups excluding carboxylic acids is 1. The number of rotatable bonds is 1. The monoisotopic (exact) mass is 375 g/mol. The number of aromatic amines is 1. The van der Waals surface area contributed by atoms with E-state index in [-0.39, 0.29) is 17.1 Å². The van der Waals surface area contributed by atoms with Crippen molar-refractivity contribution in [3.63, 3.8) is 0 Å². The summed E-state index contributed by atoms with van der Waals surface area (Å²) in [6.07, 6.45) is -3.29. The SMILES string of the molecule is Cc1[nH]nc2c1C(c1ccc(C(F)(F)F)cc1)C1C(=O)CC(C)(C)CC1=N2. The third-order valence-electron chi connectivity index (χ3n) is 5.48. The normalized spacial score (nSPS) is 24.2. The molecule has 0 radical (unpaired) electrons. The van der Waals surface area contributed by atoms with Crippen LogP contribution >= 0.6 is 0 Å². The highest BCUT2D eigenvalue weighted by Crippen LogP contribution is 2.49. The van der Waals surface area contributed by atoms with Gasteiger partial charge in [-0.05, 0) is 36.5 Å². The molecule has 1 aromatic carbocycles. The summed E-state index contributed by atoms with van der Waals surface area (Å²) in [5, 5.41) is 7.16. The van der Waals surface area contributed by atoms with Crippen molar-refractivity contribution >= 4 is 17.3 Å². The lowest BCUT2D eigenvalue weighted by Gasteiger charge is -2.40. The van der Waals surface area contributed by atoms with Gasteiger partial charge in [0.1, 0.15) is 5.78 Å². The van der Waals surface area contributed by atoms with Gasteiger partial charge in [0.2, 0.25) is 0 Å². The highest BCUT2D eigenvalue weighted by atomic mass is 19.4. The average Bonchev–Trinajstić information content (AvgIpc) is 2.92. The Morgan fingerprint density at radius 3 is 2.41 bits per heavy atom. The highest BCUT2D eigenvalue weighted by Gasteiger charge is 2.47. The van der Waals surface area contributed by atoms with Crippen LogP contribution in [0.3, 0.4) is 0 Å². The molecule has 2 unspecified atom stereocenters. The van der Waals surface area contributed by atoms with Gasteiger partial charge in [-0.3, -0.25) is 9.89 Å². The van der Waals surface area contributed by atoms with Gasteiger partial charge >= 0.3 is 6.18 Å². The Labute approximate surface area is 154 Å². The fourth-order valence-electron chi connectivity index (χ4n) is 4.34. The summed E-state index contributed by atoms with van der Waals surface area (Å²) in [4.78, 5) is 17.6. The second-order valence-electron chi connectivity index (χ2n) is 8.25. The lowest BCUT2D eigenvalue weighted by atomic mass is 9.64. The number of Topliss-reactive ketones (excluding diaryl/α,β-unsaturated/α-hetero) is 1. The van der Waals surface area contributed by atoms with Crippen molar-refractivity contribution in [1.29, 1.82) is 0 Å². The van der Waals surface area contributed by atoms with Crippen LogP contribution in [-0.2, 0) is 11.0 Å². The summed E-state index contributed by atoms with van der Waals surface area (Å²) in [6.45, 7) is 5.91. The number of ketones is 1. The minimum Gasteiger partial charge on any atom is -0.299 e. The number of nitrogens with one attached hydrogen (secondary N) is 1. The quantitative estimate of drug-likeness (QED) is 0.766. The number of halogens is 3. The van der Waals surface area contributed by atoms with Gasteiger partial charge in [0.25, 0.3) is 0 Å². The first-order valence-corrected chi connectivity index (χ1v) is 8.89. The second kappa shape index (κ2) is 5.78. The van der Waals surface area contributed by atoms with Crippen LogP contribution in [-0.4, -0.2) is 21.7 Å². The van der Waals surface area contributed by atoms with Gasteiger partial charge in [-0.1, -0.05) is 26.0 Å². The van der Waals surface area contributed by atoms with E-state index in [1.54, 1.807) is 0 Å². The van der Waals surface area contributed by atoms with E-state index in [0.717, 1.165) is 29.1 Å². The molecule has 1 fully saturated rings. The van der Waals surface area contributed by atoms with Gasteiger partial charge in [0.05, 0.1) is 11.5 Å². The van der Waals surface area contributed by atoms with E-state index < -0.39 is 17.7 Å². The molecule has 142 valence electrons. The molecule has 1 aliphatic heterocycles.